The Hall–Kier alpha value is -0.870. The number of hydrogen-bond donors (Lipinski definition) is 1. The van der Waals surface area contributed by atoms with Crippen molar-refractivity contribution in [1.29, 1.82) is 0 Å². The molecule has 1 aromatic rings. The van der Waals surface area contributed by atoms with Gasteiger partial charge in [-0.1, -0.05) is 32.9 Å². The van der Waals surface area contributed by atoms with E-state index in [2.05, 4.69) is 20.8 Å². The quantitative estimate of drug-likeness (QED) is 0.878. The van der Waals surface area contributed by atoms with Gasteiger partial charge in [0.15, 0.2) is 9.84 Å². The third-order valence-electron chi connectivity index (χ3n) is 2.44. The topological polar surface area (TPSA) is 54.4 Å². The van der Waals surface area contributed by atoms with Gasteiger partial charge in [0.05, 0.1) is 17.3 Å². The minimum absolute atomic E-state index is 0.0132. The van der Waals surface area contributed by atoms with Crippen LogP contribution >= 0.6 is 0 Å². The van der Waals surface area contributed by atoms with Gasteiger partial charge in [0, 0.05) is 0 Å². The van der Waals surface area contributed by atoms with E-state index >= 15 is 0 Å². The highest BCUT2D eigenvalue weighted by Gasteiger charge is 2.16. The predicted molar refractivity (Wildman–Crippen MR) is 64.3 cm³/mol. The van der Waals surface area contributed by atoms with Crippen molar-refractivity contribution in [2.45, 2.75) is 31.1 Å². The lowest BCUT2D eigenvalue weighted by Gasteiger charge is -2.19. The predicted octanol–water partition coefficient (Wildman–Crippen LogP) is 1.75. The van der Waals surface area contributed by atoms with Crippen LogP contribution in [-0.2, 0) is 15.3 Å². The molecule has 0 atom stereocenters. The van der Waals surface area contributed by atoms with E-state index in [1.807, 2.05) is 12.1 Å². The molecule has 0 heterocycles. The molecule has 4 heteroatoms. The summed E-state index contributed by atoms with van der Waals surface area (Å²) in [5.74, 6) is -0.220. The maximum atomic E-state index is 11.6. The average molecular weight is 242 g/mol. The van der Waals surface area contributed by atoms with Gasteiger partial charge in [-0.05, 0) is 23.1 Å². The van der Waals surface area contributed by atoms with Crippen LogP contribution in [0.5, 0.6) is 0 Å². The molecule has 16 heavy (non-hydrogen) atoms. The molecule has 0 bridgehead atoms. The van der Waals surface area contributed by atoms with Crippen LogP contribution in [0.1, 0.15) is 26.3 Å². The Morgan fingerprint density at radius 2 is 1.62 bits per heavy atom. The van der Waals surface area contributed by atoms with Gasteiger partial charge in [-0.2, -0.15) is 0 Å². The van der Waals surface area contributed by atoms with Crippen molar-refractivity contribution in [2.24, 2.45) is 0 Å². The molecule has 1 rings (SSSR count). The van der Waals surface area contributed by atoms with Crippen LogP contribution in [0.3, 0.4) is 0 Å². The molecule has 1 aromatic carbocycles. The number of rotatable bonds is 3. The Morgan fingerprint density at radius 3 is 2.00 bits per heavy atom. The van der Waals surface area contributed by atoms with Crippen molar-refractivity contribution in [3.63, 3.8) is 0 Å². The maximum Gasteiger partial charge on any atom is 0.180 e. The van der Waals surface area contributed by atoms with Crippen LogP contribution in [0.15, 0.2) is 29.2 Å². The molecule has 0 radical (unpaired) electrons. The number of sulfone groups is 1. The van der Waals surface area contributed by atoms with Gasteiger partial charge in [0.25, 0.3) is 0 Å². The second-order valence-corrected chi connectivity index (χ2v) is 6.93. The summed E-state index contributed by atoms with van der Waals surface area (Å²) >= 11 is 0. The van der Waals surface area contributed by atoms with Gasteiger partial charge in [0.1, 0.15) is 0 Å². The second kappa shape index (κ2) is 4.55. The lowest BCUT2D eigenvalue weighted by Crippen LogP contribution is -2.13. The van der Waals surface area contributed by atoms with Crippen LogP contribution in [0, 0.1) is 0 Å². The molecular formula is C12H18O3S. The first-order valence-electron chi connectivity index (χ1n) is 5.21. The molecule has 1 N–H and O–H groups in total. The molecule has 0 aliphatic rings. The average Bonchev–Trinajstić information content (AvgIpc) is 2.16. The normalized spacial score (nSPS) is 12.8. The number of aliphatic hydroxyl groups is 1. The Kier molecular flexibility index (Phi) is 3.76. The number of aliphatic hydroxyl groups excluding tert-OH is 1. The molecule has 0 aromatic heterocycles. The summed E-state index contributed by atoms with van der Waals surface area (Å²) in [5.41, 5.74) is 1.11. The highest BCUT2D eigenvalue weighted by atomic mass is 32.2. The lowest BCUT2D eigenvalue weighted by molar-refractivity contribution is 0.319. The summed E-state index contributed by atoms with van der Waals surface area (Å²) < 4.78 is 23.3. The van der Waals surface area contributed by atoms with E-state index in [9.17, 15) is 8.42 Å². The molecule has 90 valence electrons. The lowest BCUT2D eigenvalue weighted by atomic mass is 9.87. The molecule has 0 saturated carbocycles. The van der Waals surface area contributed by atoms with Crippen molar-refractivity contribution in [3.05, 3.63) is 29.8 Å². The van der Waals surface area contributed by atoms with Crippen molar-refractivity contribution in [3.8, 4) is 0 Å². The van der Waals surface area contributed by atoms with E-state index in [0.717, 1.165) is 5.56 Å². The fraction of sp³-hybridized carbons (Fsp3) is 0.500. The van der Waals surface area contributed by atoms with Gasteiger partial charge in [-0.15, -0.1) is 0 Å². The van der Waals surface area contributed by atoms with E-state index < -0.39 is 9.84 Å². The van der Waals surface area contributed by atoms with Crippen molar-refractivity contribution in [2.75, 3.05) is 12.4 Å². The van der Waals surface area contributed by atoms with Gasteiger partial charge < -0.3 is 5.11 Å². The summed E-state index contributed by atoms with van der Waals surface area (Å²) in [7, 11) is -3.32. The fourth-order valence-corrected chi connectivity index (χ4v) is 2.43. The Balaban J connectivity index is 3.05. The SMILES string of the molecule is CC(C)(C)c1ccc(S(=O)(=O)CCO)cc1. The first-order valence-corrected chi connectivity index (χ1v) is 6.87. The van der Waals surface area contributed by atoms with Gasteiger partial charge in [0.2, 0.25) is 0 Å². The molecule has 0 unspecified atom stereocenters. The molecule has 0 aliphatic heterocycles. The standard InChI is InChI=1S/C12H18O3S/c1-12(2,3)10-4-6-11(7-5-10)16(14,15)9-8-13/h4-7,13H,8-9H2,1-3H3. The fourth-order valence-electron chi connectivity index (χ4n) is 1.40. The molecule has 0 amide bonds. The van der Waals surface area contributed by atoms with E-state index in [-0.39, 0.29) is 22.7 Å². The van der Waals surface area contributed by atoms with Crippen LogP contribution < -0.4 is 0 Å². The maximum absolute atomic E-state index is 11.6. The molecule has 0 aliphatic carbocycles. The van der Waals surface area contributed by atoms with Crippen LogP contribution in [0.4, 0.5) is 0 Å². The van der Waals surface area contributed by atoms with Crippen molar-refractivity contribution >= 4 is 9.84 Å². The van der Waals surface area contributed by atoms with Crippen molar-refractivity contribution < 1.29 is 13.5 Å². The number of hydrogen-bond acceptors (Lipinski definition) is 3. The third-order valence-corrected chi connectivity index (χ3v) is 4.15. The first-order chi connectivity index (χ1) is 7.27. The first kappa shape index (κ1) is 13.2. The molecular weight excluding hydrogens is 224 g/mol. The van der Waals surface area contributed by atoms with E-state index in [4.69, 9.17) is 5.11 Å². The minimum atomic E-state index is -3.32. The number of benzene rings is 1. The summed E-state index contributed by atoms with van der Waals surface area (Å²) in [6.07, 6.45) is 0. The van der Waals surface area contributed by atoms with E-state index in [0.29, 0.717) is 0 Å². The van der Waals surface area contributed by atoms with Crippen LogP contribution in [0.25, 0.3) is 0 Å². The molecule has 0 fully saturated rings. The van der Waals surface area contributed by atoms with Gasteiger partial charge in [-0.25, -0.2) is 8.42 Å². The summed E-state index contributed by atoms with van der Waals surface area (Å²) in [5, 5.41) is 8.67. The Morgan fingerprint density at radius 1 is 1.12 bits per heavy atom. The smallest absolute Gasteiger partial charge is 0.180 e. The monoisotopic (exact) mass is 242 g/mol. The summed E-state index contributed by atoms with van der Waals surface area (Å²) in [6, 6.07) is 6.85. The van der Waals surface area contributed by atoms with Gasteiger partial charge in [-0.3, -0.25) is 0 Å². The van der Waals surface area contributed by atoms with E-state index in [1.54, 1.807) is 12.1 Å². The Bertz CT molecular complexity index is 438. The van der Waals surface area contributed by atoms with Crippen LogP contribution in [0.2, 0.25) is 0 Å². The molecule has 0 saturated heterocycles. The summed E-state index contributed by atoms with van der Waals surface area (Å²) in [4.78, 5) is 0.273. The van der Waals surface area contributed by atoms with Crippen LogP contribution in [-0.4, -0.2) is 25.9 Å². The largest absolute Gasteiger partial charge is 0.395 e. The zero-order chi connectivity index (χ0) is 12.4. The third kappa shape index (κ3) is 3.06. The van der Waals surface area contributed by atoms with Crippen molar-refractivity contribution in [1.82, 2.24) is 0 Å². The second-order valence-electron chi connectivity index (χ2n) is 4.82. The highest BCUT2D eigenvalue weighted by molar-refractivity contribution is 7.91. The Labute approximate surface area is 97.0 Å². The zero-order valence-corrected chi connectivity index (χ0v) is 10.7. The molecule has 0 spiro atoms. The zero-order valence-electron chi connectivity index (χ0n) is 9.90. The summed E-state index contributed by atoms with van der Waals surface area (Å²) in [6.45, 7) is 5.88. The molecule has 3 nitrogen and oxygen atoms in total. The highest BCUT2D eigenvalue weighted by Crippen LogP contribution is 2.23. The minimum Gasteiger partial charge on any atom is -0.395 e. The van der Waals surface area contributed by atoms with E-state index in [1.165, 1.54) is 0 Å². The van der Waals surface area contributed by atoms with Gasteiger partial charge >= 0.3 is 0 Å².